The van der Waals surface area contributed by atoms with Crippen molar-refractivity contribution < 1.29 is 10.2 Å². The fraction of sp³-hybridized carbons (Fsp3) is 0. The van der Waals surface area contributed by atoms with E-state index in [-0.39, 0.29) is 15.8 Å². The van der Waals surface area contributed by atoms with E-state index in [1.807, 2.05) is 24.3 Å². The predicted molar refractivity (Wildman–Crippen MR) is 61.2 cm³/mol. The van der Waals surface area contributed by atoms with Gasteiger partial charge in [0.1, 0.15) is 0 Å². The Morgan fingerprint density at radius 1 is 0.600 bits per heavy atom. The van der Waals surface area contributed by atoms with Gasteiger partial charge in [0.05, 0.1) is 0 Å². The Kier molecular flexibility index (Phi) is 2.98. The molecule has 0 aliphatic rings. The van der Waals surface area contributed by atoms with Crippen molar-refractivity contribution >= 4 is 24.5 Å². The van der Waals surface area contributed by atoms with Crippen molar-refractivity contribution in [3.05, 3.63) is 48.5 Å². The third-order valence-corrected chi connectivity index (χ3v) is 4.29. The summed E-state index contributed by atoms with van der Waals surface area (Å²) in [6.45, 7) is 0. The standard InChI is InChI=1S/C12H10AsO2/c14-11-5-1-9(2-6-11)13-10-3-7-12(15)8-4-10/h1-8,14-15H. The summed E-state index contributed by atoms with van der Waals surface area (Å²) in [5.41, 5.74) is 0. The Balaban J connectivity index is 2.15. The number of aromatic hydroxyl groups is 2. The number of rotatable bonds is 2. The molecule has 0 atom stereocenters. The SMILES string of the molecule is Oc1ccc([As]c2ccc(O)cc2)cc1. The Morgan fingerprint density at radius 3 is 1.27 bits per heavy atom. The van der Waals surface area contributed by atoms with Crippen molar-refractivity contribution in [1.29, 1.82) is 0 Å². The van der Waals surface area contributed by atoms with Crippen LogP contribution in [0.3, 0.4) is 0 Å². The monoisotopic (exact) mass is 261 g/mol. The fourth-order valence-electron chi connectivity index (χ4n) is 1.20. The van der Waals surface area contributed by atoms with Gasteiger partial charge < -0.3 is 0 Å². The van der Waals surface area contributed by atoms with Crippen LogP contribution in [0.25, 0.3) is 0 Å². The molecule has 2 aromatic carbocycles. The molecule has 0 aliphatic heterocycles. The predicted octanol–water partition coefficient (Wildman–Crippen LogP) is 0.753. The molecule has 0 saturated carbocycles. The number of phenolic OH excluding ortho intramolecular Hbond substituents is 2. The Morgan fingerprint density at radius 2 is 0.933 bits per heavy atom. The van der Waals surface area contributed by atoms with E-state index in [0.29, 0.717) is 11.5 Å². The first-order chi connectivity index (χ1) is 7.24. The molecule has 2 nitrogen and oxygen atoms in total. The van der Waals surface area contributed by atoms with Gasteiger partial charge in [-0.1, -0.05) is 0 Å². The zero-order chi connectivity index (χ0) is 10.7. The van der Waals surface area contributed by atoms with E-state index in [2.05, 4.69) is 0 Å². The molecular formula is C12H10AsO2. The van der Waals surface area contributed by atoms with Gasteiger partial charge in [0, 0.05) is 0 Å². The van der Waals surface area contributed by atoms with Crippen molar-refractivity contribution in [2.75, 3.05) is 0 Å². The van der Waals surface area contributed by atoms with Crippen LogP contribution in [0.5, 0.6) is 11.5 Å². The van der Waals surface area contributed by atoms with E-state index in [4.69, 9.17) is 10.2 Å². The van der Waals surface area contributed by atoms with Gasteiger partial charge in [0.15, 0.2) is 0 Å². The van der Waals surface area contributed by atoms with Crippen LogP contribution < -0.4 is 8.70 Å². The molecule has 0 heterocycles. The zero-order valence-corrected chi connectivity index (χ0v) is 9.84. The topological polar surface area (TPSA) is 40.5 Å². The third-order valence-electron chi connectivity index (χ3n) is 1.96. The molecule has 1 radical (unpaired) electrons. The van der Waals surface area contributed by atoms with Crippen LogP contribution in [-0.2, 0) is 0 Å². The van der Waals surface area contributed by atoms with Gasteiger partial charge in [-0.3, -0.25) is 0 Å². The van der Waals surface area contributed by atoms with Crippen LogP contribution in [0, 0.1) is 0 Å². The van der Waals surface area contributed by atoms with E-state index in [1.54, 1.807) is 24.3 Å². The molecule has 0 aromatic heterocycles. The van der Waals surface area contributed by atoms with E-state index >= 15 is 0 Å². The minimum atomic E-state index is -0.0676. The Labute approximate surface area is 94.9 Å². The first-order valence-corrected chi connectivity index (χ1v) is 6.41. The molecule has 2 aromatic rings. The summed E-state index contributed by atoms with van der Waals surface area (Å²) in [5.74, 6) is 0.594. The number of benzene rings is 2. The molecule has 15 heavy (non-hydrogen) atoms. The van der Waals surface area contributed by atoms with Gasteiger partial charge in [0.2, 0.25) is 0 Å². The van der Waals surface area contributed by atoms with Crippen LogP contribution in [-0.4, -0.2) is 26.0 Å². The van der Waals surface area contributed by atoms with Crippen LogP contribution in [0.2, 0.25) is 0 Å². The number of hydrogen-bond acceptors (Lipinski definition) is 2. The van der Waals surface area contributed by atoms with E-state index < -0.39 is 0 Å². The molecule has 0 saturated heterocycles. The molecular weight excluding hydrogens is 251 g/mol. The minimum absolute atomic E-state index is 0.0676. The average Bonchev–Trinajstić information content (AvgIpc) is 2.25. The molecule has 0 bridgehead atoms. The van der Waals surface area contributed by atoms with Gasteiger partial charge in [-0.2, -0.15) is 0 Å². The van der Waals surface area contributed by atoms with E-state index in [1.165, 1.54) is 8.70 Å². The fourth-order valence-corrected chi connectivity index (χ4v) is 3.08. The van der Waals surface area contributed by atoms with Crippen molar-refractivity contribution in [1.82, 2.24) is 0 Å². The second kappa shape index (κ2) is 4.41. The van der Waals surface area contributed by atoms with Gasteiger partial charge in [-0.15, -0.1) is 0 Å². The number of hydrogen-bond donors (Lipinski definition) is 2. The molecule has 2 N–H and O–H groups in total. The molecule has 0 spiro atoms. The summed E-state index contributed by atoms with van der Waals surface area (Å²) in [4.78, 5) is 0. The van der Waals surface area contributed by atoms with Gasteiger partial charge in [-0.25, -0.2) is 0 Å². The van der Waals surface area contributed by atoms with Crippen LogP contribution >= 0.6 is 0 Å². The summed E-state index contributed by atoms with van der Waals surface area (Å²) >= 11 is -0.0676. The third kappa shape index (κ3) is 2.77. The maximum atomic E-state index is 9.14. The van der Waals surface area contributed by atoms with Crippen LogP contribution in [0.4, 0.5) is 0 Å². The van der Waals surface area contributed by atoms with Crippen molar-refractivity contribution in [3.63, 3.8) is 0 Å². The Hall–Kier alpha value is -1.40. The van der Waals surface area contributed by atoms with Crippen molar-refractivity contribution in [2.24, 2.45) is 0 Å². The molecule has 75 valence electrons. The van der Waals surface area contributed by atoms with E-state index in [9.17, 15) is 0 Å². The van der Waals surface area contributed by atoms with Crippen LogP contribution in [0.15, 0.2) is 48.5 Å². The van der Waals surface area contributed by atoms with Gasteiger partial charge in [0.25, 0.3) is 0 Å². The summed E-state index contributed by atoms with van der Waals surface area (Å²) in [6, 6.07) is 14.5. The molecule has 0 fully saturated rings. The van der Waals surface area contributed by atoms with Crippen molar-refractivity contribution in [3.8, 4) is 11.5 Å². The van der Waals surface area contributed by atoms with E-state index in [0.717, 1.165) is 0 Å². The second-order valence-electron chi connectivity index (χ2n) is 3.14. The Bertz CT molecular complexity index is 391. The second-order valence-corrected chi connectivity index (χ2v) is 5.78. The number of phenols is 2. The molecule has 0 aliphatic carbocycles. The molecule has 3 heteroatoms. The zero-order valence-electron chi connectivity index (χ0n) is 7.96. The molecule has 0 amide bonds. The normalized spacial score (nSPS) is 10.1. The summed E-state index contributed by atoms with van der Waals surface area (Å²) in [5, 5.41) is 18.3. The average molecular weight is 261 g/mol. The first-order valence-electron chi connectivity index (χ1n) is 4.54. The summed E-state index contributed by atoms with van der Waals surface area (Å²) in [7, 11) is 0. The van der Waals surface area contributed by atoms with Crippen molar-refractivity contribution in [2.45, 2.75) is 0 Å². The van der Waals surface area contributed by atoms with Gasteiger partial charge in [-0.05, 0) is 0 Å². The van der Waals surface area contributed by atoms with Crippen LogP contribution in [0.1, 0.15) is 0 Å². The first kappa shape index (κ1) is 10.1. The summed E-state index contributed by atoms with van der Waals surface area (Å²) in [6.07, 6.45) is 0. The maximum absolute atomic E-state index is 9.14. The quantitative estimate of drug-likeness (QED) is 0.783. The molecule has 0 unspecified atom stereocenters. The van der Waals surface area contributed by atoms with Gasteiger partial charge >= 0.3 is 94.7 Å². The molecule has 2 rings (SSSR count). The summed E-state index contributed by atoms with van der Waals surface area (Å²) < 4.78 is 2.46.